The van der Waals surface area contributed by atoms with Gasteiger partial charge in [-0.25, -0.2) is 4.39 Å². The molecule has 106 valence electrons. The minimum absolute atomic E-state index is 0.0799. The zero-order chi connectivity index (χ0) is 15.4. The maximum atomic E-state index is 13.8. The lowest BCUT2D eigenvalue weighted by atomic mass is 10.1. The van der Waals surface area contributed by atoms with Gasteiger partial charge < -0.3 is 16.2 Å². The van der Waals surface area contributed by atoms with Gasteiger partial charge in [0.1, 0.15) is 24.2 Å². The first-order valence-electron chi connectivity index (χ1n) is 6.02. The zero-order valence-electron chi connectivity index (χ0n) is 11.0. The number of nitriles is 1. The molecule has 6 heteroatoms. The molecule has 0 aromatic heterocycles. The molecule has 2 aromatic carbocycles. The number of nitrogen functional groups attached to an aromatic ring is 1. The quantitative estimate of drug-likeness (QED) is 0.838. The van der Waals surface area contributed by atoms with Crippen LogP contribution in [-0.2, 0) is 6.61 Å². The first-order chi connectivity index (χ1) is 10.0. The number of nitrogens with two attached hydrogens (primary N) is 2. The second-order valence-corrected chi connectivity index (χ2v) is 4.33. The van der Waals surface area contributed by atoms with Crippen LogP contribution in [0.1, 0.15) is 21.5 Å². The van der Waals surface area contributed by atoms with Gasteiger partial charge in [-0.15, -0.1) is 0 Å². The standard InChI is InChI=1S/C15H12FN3O2/c16-13-6-9(15(19)20)1-2-10(13)8-21-14-4-3-12(18)5-11(14)7-17/h1-6H,8,18H2,(H2,19,20). The second kappa shape index (κ2) is 5.92. The van der Waals surface area contributed by atoms with Crippen molar-refractivity contribution in [3.8, 4) is 11.8 Å². The van der Waals surface area contributed by atoms with Crippen molar-refractivity contribution >= 4 is 11.6 Å². The first-order valence-corrected chi connectivity index (χ1v) is 6.02. The van der Waals surface area contributed by atoms with Gasteiger partial charge in [0.15, 0.2) is 0 Å². The van der Waals surface area contributed by atoms with Crippen LogP contribution < -0.4 is 16.2 Å². The Morgan fingerprint density at radius 1 is 1.29 bits per heavy atom. The van der Waals surface area contributed by atoms with Crippen molar-refractivity contribution in [2.45, 2.75) is 6.61 Å². The number of ether oxygens (including phenoxy) is 1. The first kappa shape index (κ1) is 14.3. The number of amides is 1. The maximum absolute atomic E-state index is 13.8. The highest BCUT2D eigenvalue weighted by molar-refractivity contribution is 5.92. The Hall–Kier alpha value is -3.07. The largest absolute Gasteiger partial charge is 0.487 e. The van der Waals surface area contributed by atoms with Gasteiger partial charge in [0, 0.05) is 16.8 Å². The predicted octanol–water partition coefficient (Wildman–Crippen LogP) is 1.96. The summed E-state index contributed by atoms with van der Waals surface area (Å²) < 4.78 is 19.2. The van der Waals surface area contributed by atoms with Crippen molar-refractivity contribution in [1.29, 1.82) is 5.26 Å². The van der Waals surface area contributed by atoms with Crippen molar-refractivity contribution in [2.24, 2.45) is 5.73 Å². The highest BCUT2D eigenvalue weighted by atomic mass is 19.1. The van der Waals surface area contributed by atoms with Gasteiger partial charge in [0.05, 0.1) is 5.56 Å². The molecule has 0 heterocycles. The fraction of sp³-hybridized carbons (Fsp3) is 0.0667. The van der Waals surface area contributed by atoms with E-state index in [1.807, 2.05) is 6.07 Å². The number of anilines is 1. The molecular weight excluding hydrogens is 273 g/mol. The summed E-state index contributed by atoms with van der Waals surface area (Å²) in [5.41, 5.74) is 11.7. The average Bonchev–Trinajstić information content (AvgIpc) is 2.46. The number of hydrogen-bond acceptors (Lipinski definition) is 4. The Balaban J connectivity index is 2.17. The van der Waals surface area contributed by atoms with Crippen LogP contribution in [0.15, 0.2) is 36.4 Å². The summed E-state index contributed by atoms with van der Waals surface area (Å²) in [7, 11) is 0. The van der Waals surface area contributed by atoms with E-state index in [-0.39, 0.29) is 23.3 Å². The van der Waals surface area contributed by atoms with Crippen LogP contribution in [-0.4, -0.2) is 5.91 Å². The van der Waals surface area contributed by atoms with E-state index < -0.39 is 11.7 Å². The van der Waals surface area contributed by atoms with Crippen LogP contribution >= 0.6 is 0 Å². The van der Waals surface area contributed by atoms with E-state index in [2.05, 4.69) is 0 Å². The highest BCUT2D eigenvalue weighted by Gasteiger charge is 2.09. The second-order valence-electron chi connectivity index (χ2n) is 4.33. The Morgan fingerprint density at radius 2 is 2.05 bits per heavy atom. The molecule has 0 aliphatic heterocycles. The number of hydrogen-bond donors (Lipinski definition) is 2. The molecule has 0 radical (unpaired) electrons. The number of primary amides is 1. The monoisotopic (exact) mass is 285 g/mol. The third-order valence-electron chi connectivity index (χ3n) is 2.84. The van der Waals surface area contributed by atoms with Crippen LogP contribution in [0.4, 0.5) is 10.1 Å². The van der Waals surface area contributed by atoms with E-state index in [0.29, 0.717) is 11.4 Å². The summed E-state index contributed by atoms with van der Waals surface area (Å²) in [5.74, 6) is -0.989. The van der Waals surface area contributed by atoms with Crippen molar-refractivity contribution in [1.82, 2.24) is 0 Å². The molecular formula is C15H12FN3O2. The summed E-state index contributed by atoms with van der Waals surface area (Å²) >= 11 is 0. The minimum atomic E-state index is -0.702. The van der Waals surface area contributed by atoms with Gasteiger partial charge in [-0.3, -0.25) is 4.79 Å². The lowest BCUT2D eigenvalue weighted by molar-refractivity contribution is 0.0999. The van der Waals surface area contributed by atoms with E-state index in [1.54, 1.807) is 12.1 Å². The Kier molecular flexibility index (Phi) is 4.05. The summed E-state index contributed by atoms with van der Waals surface area (Å²) in [4.78, 5) is 10.9. The van der Waals surface area contributed by atoms with Crippen LogP contribution in [0.25, 0.3) is 0 Å². The van der Waals surface area contributed by atoms with E-state index in [9.17, 15) is 9.18 Å². The molecule has 0 aliphatic rings. The van der Waals surface area contributed by atoms with E-state index in [4.69, 9.17) is 21.5 Å². The third kappa shape index (κ3) is 3.28. The Bertz CT molecular complexity index is 738. The molecule has 2 aromatic rings. The summed E-state index contributed by atoms with van der Waals surface area (Å²) in [6.07, 6.45) is 0. The van der Waals surface area contributed by atoms with Crippen LogP contribution in [0.2, 0.25) is 0 Å². The normalized spacial score (nSPS) is 9.90. The van der Waals surface area contributed by atoms with Gasteiger partial charge >= 0.3 is 0 Å². The molecule has 0 bridgehead atoms. The van der Waals surface area contributed by atoms with Gasteiger partial charge in [0.2, 0.25) is 5.91 Å². The van der Waals surface area contributed by atoms with Crippen LogP contribution in [0.3, 0.4) is 0 Å². The fourth-order valence-electron chi connectivity index (χ4n) is 1.73. The summed E-state index contributed by atoms with van der Waals surface area (Å²) in [5, 5.41) is 8.98. The number of rotatable bonds is 4. The molecule has 2 rings (SSSR count). The zero-order valence-corrected chi connectivity index (χ0v) is 11.0. The molecule has 0 aliphatic carbocycles. The van der Waals surface area contributed by atoms with E-state index in [1.165, 1.54) is 18.2 Å². The molecule has 21 heavy (non-hydrogen) atoms. The van der Waals surface area contributed by atoms with Gasteiger partial charge in [-0.1, -0.05) is 6.07 Å². The SMILES string of the molecule is N#Cc1cc(N)ccc1OCc1ccc(C(N)=O)cc1F. The molecule has 0 saturated carbocycles. The highest BCUT2D eigenvalue weighted by Crippen LogP contribution is 2.22. The lowest BCUT2D eigenvalue weighted by Gasteiger charge is -2.09. The smallest absolute Gasteiger partial charge is 0.248 e. The molecule has 4 N–H and O–H groups in total. The minimum Gasteiger partial charge on any atom is -0.487 e. The van der Waals surface area contributed by atoms with Crippen LogP contribution in [0.5, 0.6) is 5.75 Å². The third-order valence-corrected chi connectivity index (χ3v) is 2.84. The molecule has 0 atom stereocenters. The number of benzene rings is 2. The van der Waals surface area contributed by atoms with Crippen molar-refractivity contribution in [3.05, 3.63) is 58.9 Å². The molecule has 1 amide bonds. The maximum Gasteiger partial charge on any atom is 0.248 e. The van der Waals surface area contributed by atoms with Gasteiger partial charge in [-0.2, -0.15) is 5.26 Å². The van der Waals surface area contributed by atoms with Gasteiger partial charge in [-0.05, 0) is 30.3 Å². The number of halogens is 1. The average molecular weight is 285 g/mol. The molecule has 0 spiro atoms. The summed E-state index contributed by atoms with van der Waals surface area (Å²) in [6.45, 7) is -0.0799. The lowest BCUT2D eigenvalue weighted by Crippen LogP contribution is -2.12. The topological polar surface area (TPSA) is 102 Å². The van der Waals surface area contributed by atoms with Crippen molar-refractivity contribution < 1.29 is 13.9 Å². The van der Waals surface area contributed by atoms with Crippen molar-refractivity contribution in [2.75, 3.05) is 5.73 Å². The summed E-state index contributed by atoms with van der Waals surface area (Å²) in [6, 6.07) is 10.4. The van der Waals surface area contributed by atoms with E-state index in [0.717, 1.165) is 6.07 Å². The van der Waals surface area contributed by atoms with Gasteiger partial charge in [0.25, 0.3) is 0 Å². The van der Waals surface area contributed by atoms with E-state index >= 15 is 0 Å². The predicted molar refractivity (Wildman–Crippen MR) is 74.8 cm³/mol. The fourth-order valence-corrected chi connectivity index (χ4v) is 1.73. The number of nitrogens with zero attached hydrogens (tertiary/aromatic N) is 1. The molecule has 5 nitrogen and oxygen atoms in total. The van der Waals surface area contributed by atoms with Crippen molar-refractivity contribution in [3.63, 3.8) is 0 Å². The number of carbonyl (C=O) groups excluding carboxylic acids is 1. The molecule has 0 unspecified atom stereocenters. The Labute approximate surface area is 120 Å². The Morgan fingerprint density at radius 3 is 2.67 bits per heavy atom. The molecule has 0 fully saturated rings. The molecule has 0 saturated heterocycles. The van der Waals surface area contributed by atoms with Crippen LogP contribution in [0, 0.1) is 17.1 Å². The number of carbonyl (C=O) groups is 1.